The molecule has 0 aliphatic heterocycles. The standard InChI is InChI=1S/C15H19ClN2S/c1-3-13-9-14(18(4-2)17-13)11-19-15-7-5-12(10-16)6-8-15/h5-9H,3-4,10-11H2,1-2H3. The first kappa shape index (κ1) is 14.5. The van der Waals surface area contributed by atoms with Gasteiger partial charge in [-0.1, -0.05) is 19.1 Å². The van der Waals surface area contributed by atoms with E-state index in [-0.39, 0.29) is 0 Å². The van der Waals surface area contributed by atoms with Crippen LogP contribution in [0.3, 0.4) is 0 Å². The van der Waals surface area contributed by atoms with Crippen LogP contribution < -0.4 is 0 Å². The van der Waals surface area contributed by atoms with Crippen molar-refractivity contribution in [3.63, 3.8) is 0 Å². The zero-order valence-electron chi connectivity index (χ0n) is 11.4. The lowest BCUT2D eigenvalue weighted by molar-refractivity contribution is 0.628. The average Bonchev–Trinajstić information content (AvgIpc) is 2.88. The molecule has 0 unspecified atom stereocenters. The highest BCUT2D eigenvalue weighted by Gasteiger charge is 2.06. The second-order valence-electron chi connectivity index (χ2n) is 4.36. The maximum Gasteiger partial charge on any atom is 0.0625 e. The molecule has 1 aromatic heterocycles. The summed E-state index contributed by atoms with van der Waals surface area (Å²) in [7, 11) is 0. The van der Waals surface area contributed by atoms with E-state index in [2.05, 4.69) is 54.0 Å². The minimum absolute atomic E-state index is 0.577. The number of thioether (sulfide) groups is 1. The summed E-state index contributed by atoms with van der Waals surface area (Å²) in [6.45, 7) is 5.21. The Kier molecular flexibility index (Phi) is 5.34. The summed E-state index contributed by atoms with van der Waals surface area (Å²) in [5, 5.41) is 4.57. The summed E-state index contributed by atoms with van der Waals surface area (Å²) >= 11 is 7.63. The molecule has 19 heavy (non-hydrogen) atoms. The highest BCUT2D eigenvalue weighted by Crippen LogP contribution is 2.24. The van der Waals surface area contributed by atoms with Gasteiger partial charge in [0, 0.05) is 28.8 Å². The fourth-order valence-electron chi connectivity index (χ4n) is 1.91. The Bertz CT molecular complexity index is 519. The van der Waals surface area contributed by atoms with Gasteiger partial charge in [-0.15, -0.1) is 23.4 Å². The fraction of sp³-hybridized carbons (Fsp3) is 0.400. The molecule has 0 bridgehead atoms. The molecular formula is C15H19ClN2S. The smallest absolute Gasteiger partial charge is 0.0625 e. The number of nitrogens with zero attached hydrogens (tertiary/aromatic N) is 2. The van der Waals surface area contributed by atoms with Gasteiger partial charge in [0.2, 0.25) is 0 Å². The molecule has 0 aliphatic carbocycles. The first-order chi connectivity index (χ1) is 9.26. The zero-order valence-corrected chi connectivity index (χ0v) is 13.0. The van der Waals surface area contributed by atoms with Gasteiger partial charge in [-0.3, -0.25) is 4.68 Å². The molecule has 2 rings (SSSR count). The minimum atomic E-state index is 0.577. The van der Waals surface area contributed by atoms with E-state index < -0.39 is 0 Å². The molecule has 0 aliphatic rings. The number of hydrogen-bond donors (Lipinski definition) is 0. The first-order valence-electron chi connectivity index (χ1n) is 6.60. The Balaban J connectivity index is 2.02. The monoisotopic (exact) mass is 294 g/mol. The molecule has 2 aromatic rings. The lowest BCUT2D eigenvalue weighted by atomic mass is 10.2. The molecule has 4 heteroatoms. The lowest BCUT2D eigenvalue weighted by Gasteiger charge is -2.05. The van der Waals surface area contributed by atoms with Crippen LogP contribution in [0, 0.1) is 0 Å². The van der Waals surface area contributed by atoms with Gasteiger partial charge in [0.05, 0.1) is 5.69 Å². The summed E-state index contributed by atoms with van der Waals surface area (Å²) in [6, 6.07) is 10.7. The van der Waals surface area contributed by atoms with E-state index in [0.29, 0.717) is 5.88 Å². The van der Waals surface area contributed by atoms with E-state index in [9.17, 15) is 0 Å². The lowest BCUT2D eigenvalue weighted by Crippen LogP contribution is -2.01. The van der Waals surface area contributed by atoms with Gasteiger partial charge < -0.3 is 0 Å². The Hall–Kier alpha value is -0.930. The second kappa shape index (κ2) is 7.01. The summed E-state index contributed by atoms with van der Waals surface area (Å²) in [5.74, 6) is 1.54. The van der Waals surface area contributed by atoms with E-state index in [1.165, 1.54) is 16.3 Å². The van der Waals surface area contributed by atoms with Crippen molar-refractivity contribution in [2.75, 3.05) is 0 Å². The van der Waals surface area contributed by atoms with Crippen LogP contribution in [-0.2, 0) is 24.6 Å². The number of halogens is 1. The summed E-state index contributed by atoms with van der Waals surface area (Å²) < 4.78 is 2.10. The number of aromatic nitrogens is 2. The van der Waals surface area contributed by atoms with Crippen molar-refractivity contribution in [2.45, 2.75) is 43.3 Å². The van der Waals surface area contributed by atoms with Gasteiger partial charge in [0.15, 0.2) is 0 Å². The van der Waals surface area contributed by atoms with E-state index in [1.807, 2.05) is 11.8 Å². The highest BCUT2D eigenvalue weighted by molar-refractivity contribution is 7.98. The molecule has 1 heterocycles. The highest BCUT2D eigenvalue weighted by atomic mass is 35.5. The molecule has 0 amide bonds. The third-order valence-corrected chi connectivity index (χ3v) is 4.39. The average molecular weight is 295 g/mol. The molecular weight excluding hydrogens is 276 g/mol. The minimum Gasteiger partial charge on any atom is -0.269 e. The maximum absolute atomic E-state index is 5.79. The Morgan fingerprint density at radius 3 is 2.53 bits per heavy atom. The van der Waals surface area contributed by atoms with Crippen molar-refractivity contribution in [3.05, 3.63) is 47.3 Å². The number of hydrogen-bond acceptors (Lipinski definition) is 2. The molecule has 2 nitrogen and oxygen atoms in total. The number of rotatable bonds is 6. The third-order valence-electron chi connectivity index (χ3n) is 3.04. The van der Waals surface area contributed by atoms with Crippen LogP contribution >= 0.6 is 23.4 Å². The van der Waals surface area contributed by atoms with Crippen molar-refractivity contribution < 1.29 is 0 Å². The van der Waals surface area contributed by atoms with E-state index >= 15 is 0 Å². The van der Waals surface area contributed by atoms with Gasteiger partial charge in [0.1, 0.15) is 0 Å². The molecule has 0 fully saturated rings. The first-order valence-corrected chi connectivity index (χ1v) is 8.12. The number of aryl methyl sites for hydroxylation is 2. The Labute approximate surface area is 124 Å². The predicted molar refractivity (Wildman–Crippen MR) is 82.8 cm³/mol. The Morgan fingerprint density at radius 2 is 1.95 bits per heavy atom. The molecule has 0 spiro atoms. The van der Waals surface area contributed by atoms with Crippen LogP contribution in [0.15, 0.2) is 35.2 Å². The van der Waals surface area contributed by atoms with E-state index in [4.69, 9.17) is 11.6 Å². The van der Waals surface area contributed by atoms with Gasteiger partial charge >= 0.3 is 0 Å². The van der Waals surface area contributed by atoms with Crippen LogP contribution in [-0.4, -0.2) is 9.78 Å². The molecule has 0 saturated carbocycles. The normalized spacial score (nSPS) is 10.9. The fourth-order valence-corrected chi connectivity index (χ4v) is 2.96. The largest absolute Gasteiger partial charge is 0.269 e. The SMILES string of the molecule is CCc1cc(CSc2ccc(CCl)cc2)n(CC)n1. The maximum atomic E-state index is 5.79. The van der Waals surface area contributed by atoms with Gasteiger partial charge in [-0.05, 0) is 37.1 Å². The summed E-state index contributed by atoms with van der Waals surface area (Å²) in [5.41, 5.74) is 3.64. The molecule has 1 aromatic carbocycles. The van der Waals surface area contributed by atoms with E-state index in [1.54, 1.807) is 0 Å². The zero-order chi connectivity index (χ0) is 13.7. The van der Waals surface area contributed by atoms with Gasteiger partial charge in [-0.2, -0.15) is 5.10 Å². The van der Waals surface area contributed by atoms with Gasteiger partial charge in [0.25, 0.3) is 0 Å². The quantitative estimate of drug-likeness (QED) is 0.577. The predicted octanol–water partition coefficient (Wildman–Crippen LogP) is 4.50. The third kappa shape index (κ3) is 3.77. The van der Waals surface area contributed by atoms with Crippen molar-refractivity contribution in [2.24, 2.45) is 0 Å². The Morgan fingerprint density at radius 1 is 1.21 bits per heavy atom. The topological polar surface area (TPSA) is 17.8 Å². The summed E-state index contributed by atoms with van der Waals surface area (Å²) in [6.07, 6.45) is 0.995. The number of alkyl halides is 1. The van der Waals surface area contributed by atoms with Crippen molar-refractivity contribution in [1.82, 2.24) is 9.78 Å². The van der Waals surface area contributed by atoms with Gasteiger partial charge in [-0.25, -0.2) is 0 Å². The molecule has 102 valence electrons. The van der Waals surface area contributed by atoms with Crippen LogP contribution in [0.1, 0.15) is 30.8 Å². The van der Waals surface area contributed by atoms with Crippen LogP contribution in [0.2, 0.25) is 0 Å². The van der Waals surface area contributed by atoms with Crippen molar-refractivity contribution >= 4 is 23.4 Å². The molecule has 0 radical (unpaired) electrons. The van der Waals surface area contributed by atoms with Crippen molar-refractivity contribution in [1.29, 1.82) is 0 Å². The second-order valence-corrected chi connectivity index (χ2v) is 5.68. The number of benzene rings is 1. The van der Waals surface area contributed by atoms with E-state index in [0.717, 1.165) is 24.3 Å². The van der Waals surface area contributed by atoms with Crippen LogP contribution in [0.5, 0.6) is 0 Å². The van der Waals surface area contributed by atoms with Crippen LogP contribution in [0.4, 0.5) is 0 Å². The molecule has 0 N–H and O–H groups in total. The molecule has 0 saturated heterocycles. The molecule has 0 atom stereocenters. The summed E-state index contributed by atoms with van der Waals surface area (Å²) in [4.78, 5) is 1.27. The van der Waals surface area contributed by atoms with Crippen LogP contribution in [0.25, 0.3) is 0 Å². The van der Waals surface area contributed by atoms with Crippen molar-refractivity contribution in [3.8, 4) is 0 Å².